The first-order valence-electron chi connectivity index (χ1n) is 14.4. The molecule has 0 radical (unpaired) electrons. The standard InChI is InChI=1S/C39H33N/c1-28-33-16-7-9-19-36(33)38(37-20-10-8-17-34(28)37)27-24-29-22-25-32(26-23-29)40(31-14-3-2-4-15-31)39-21-11-13-30-12-5-6-18-35(30)39/h2-4,7-11,13-17,19-27H,5-6,12,18H2,1H3. The van der Waals surface area contributed by atoms with Gasteiger partial charge in [0.25, 0.3) is 0 Å². The van der Waals surface area contributed by atoms with Crippen molar-refractivity contribution >= 4 is 50.8 Å². The Bertz CT molecular complexity index is 1790. The predicted molar refractivity (Wildman–Crippen MR) is 173 cm³/mol. The molecule has 7 rings (SSSR count). The van der Waals surface area contributed by atoms with Gasteiger partial charge >= 0.3 is 0 Å². The Morgan fingerprint density at radius 1 is 0.525 bits per heavy atom. The summed E-state index contributed by atoms with van der Waals surface area (Å²) >= 11 is 0. The van der Waals surface area contributed by atoms with E-state index in [1.807, 2.05) is 0 Å². The molecular weight excluding hydrogens is 482 g/mol. The van der Waals surface area contributed by atoms with Gasteiger partial charge in [0.1, 0.15) is 0 Å². The summed E-state index contributed by atoms with van der Waals surface area (Å²) in [5.74, 6) is 0. The summed E-state index contributed by atoms with van der Waals surface area (Å²) in [6.45, 7) is 2.24. The van der Waals surface area contributed by atoms with E-state index in [1.54, 1.807) is 0 Å². The van der Waals surface area contributed by atoms with Crippen LogP contribution in [0.15, 0.2) is 121 Å². The van der Waals surface area contributed by atoms with Crippen LogP contribution in [0.3, 0.4) is 0 Å². The largest absolute Gasteiger partial charge is 0.310 e. The Balaban J connectivity index is 1.29. The number of rotatable bonds is 5. The third kappa shape index (κ3) is 4.38. The fraction of sp³-hybridized carbons (Fsp3) is 0.128. The van der Waals surface area contributed by atoms with Gasteiger partial charge in [0.15, 0.2) is 0 Å². The molecule has 1 nitrogen and oxygen atoms in total. The van der Waals surface area contributed by atoms with E-state index in [0.717, 1.165) is 6.42 Å². The van der Waals surface area contributed by atoms with Crippen LogP contribution in [0.5, 0.6) is 0 Å². The predicted octanol–water partition coefficient (Wildman–Crippen LogP) is 10.8. The summed E-state index contributed by atoms with van der Waals surface area (Å²) in [7, 11) is 0. The summed E-state index contributed by atoms with van der Waals surface area (Å²) < 4.78 is 0. The van der Waals surface area contributed by atoms with Gasteiger partial charge in [-0.05, 0) is 112 Å². The van der Waals surface area contributed by atoms with E-state index in [-0.39, 0.29) is 0 Å². The second-order valence-electron chi connectivity index (χ2n) is 10.8. The molecule has 0 aliphatic heterocycles. The molecule has 0 saturated heterocycles. The van der Waals surface area contributed by atoms with Crippen LogP contribution in [-0.2, 0) is 12.8 Å². The van der Waals surface area contributed by atoms with E-state index in [1.165, 1.54) is 85.7 Å². The summed E-state index contributed by atoms with van der Waals surface area (Å²) in [4.78, 5) is 2.43. The molecule has 40 heavy (non-hydrogen) atoms. The van der Waals surface area contributed by atoms with Crippen molar-refractivity contribution in [3.8, 4) is 0 Å². The van der Waals surface area contributed by atoms with Crippen LogP contribution in [0.1, 0.15) is 40.7 Å². The molecule has 194 valence electrons. The molecule has 0 amide bonds. The van der Waals surface area contributed by atoms with E-state index in [2.05, 4.69) is 145 Å². The van der Waals surface area contributed by atoms with Crippen molar-refractivity contribution in [2.45, 2.75) is 32.6 Å². The van der Waals surface area contributed by atoms with Gasteiger partial charge in [0.2, 0.25) is 0 Å². The normalized spacial score (nSPS) is 13.1. The molecule has 0 fully saturated rings. The molecule has 6 aromatic rings. The number of anilines is 3. The van der Waals surface area contributed by atoms with Crippen LogP contribution in [0.4, 0.5) is 17.1 Å². The molecule has 0 heterocycles. The lowest BCUT2D eigenvalue weighted by Crippen LogP contribution is -2.15. The molecule has 0 unspecified atom stereocenters. The maximum Gasteiger partial charge on any atom is 0.0496 e. The van der Waals surface area contributed by atoms with E-state index >= 15 is 0 Å². The molecule has 1 aliphatic rings. The number of fused-ring (bicyclic) bond motifs is 3. The highest BCUT2D eigenvalue weighted by atomic mass is 15.1. The van der Waals surface area contributed by atoms with Gasteiger partial charge in [-0.1, -0.05) is 103 Å². The van der Waals surface area contributed by atoms with Gasteiger partial charge < -0.3 is 4.90 Å². The number of nitrogens with zero attached hydrogens (tertiary/aromatic N) is 1. The maximum absolute atomic E-state index is 2.43. The van der Waals surface area contributed by atoms with Crippen LogP contribution < -0.4 is 4.90 Å². The van der Waals surface area contributed by atoms with E-state index < -0.39 is 0 Å². The number of benzene rings is 6. The Morgan fingerprint density at radius 2 is 1.12 bits per heavy atom. The zero-order valence-corrected chi connectivity index (χ0v) is 23.0. The Labute approximate surface area is 237 Å². The van der Waals surface area contributed by atoms with Crippen molar-refractivity contribution in [3.05, 3.63) is 149 Å². The topological polar surface area (TPSA) is 3.24 Å². The number of hydrogen-bond donors (Lipinski definition) is 0. The molecule has 6 aromatic carbocycles. The second kappa shape index (κ2) is 10.5. The molecule has 0 bridgehead atoms. The van der Waals surface area contributed by atoms with Crippen LogP contribution >= 0.6 is 0 Å². The van der Waals surface area contributed by atoms with Gasteiger partial charge in [-0.15, -0.1) is 0 Å². The maximum atomic E-state index is 2.43. The second-order valence-corrected chi connectivity index (χ2v) is 10.8. The Kier molecular flexibility index (Phi) is 6.42. The SMILES string of the molecule is Cc1c2ccccc2c(C=Cc2ccc(N(c3ccccc3)c3cccc4c3CCCC4)cc2)c2ccccc12. The number of hydrogen-bond acceptors (Lipinski definition) is 1. The van der Waals surface area contributed by atoms with Crippen molar-refractivity contribution < 1.29 is 0 Å². The molecule has 0 N–H and O–H groups in total. The van der Waals surface area contributed by atoms with Crippen molar-refractivity contribution in [1.29, 1.82) is 0 Å². The van der Waals surface area contributed by atoms with Crippen LogP contribution in [-0.4, -0.2) is 0 Å². The molecular formula is C39H33N. The quantitative estimate of drug-likeness (QED) is 0.163. The highest BCUT2D eigenvalue weighted by Gasteiger charge is 2.20. The first-order valence-corrected chi connectivity index (χ1v) is 14.4. The summed E-state index contributed by atoms with van der Waals surface area (Å²) in [6, 6.07) is 44.2. The fourth-order valence-electron chi connectivity index (χ4n) is 6.45. The van der Waals surface area contributed by atoms with Crippen molar-refractivity contribution in [2.24, 2.45) is 0 Å². The molecule has 0 atom stereocenters. The lowest BCUT2D eigenvalue weighted by atomic mass is 9.90. The highest BCUT2D eigenvalue weighted by molar-refractivity contribution is 6.10. The van der Waals surface area contributed by atoms with Crippen molar-refractivity contribution in [2.75, 3.05) is 4.90 Å². The van der Waals surface area contributed by atoms with Gasteiger partial charge in [0, 0.05) is 17.1 Å². The molecule has 0 spiro atoms. The summed E-state index contributed by atoms with van der Waals surface area (Å²) in [5, 5.41) is 5.24. The number of aryl methyl sites for hydroxylation is 2. The van der Waals surface area contributed by atoms with E-state index in [9.17, 15) is 0 Å². The van der Waals surface area contributed by atoms with Gasteiger partial charge in [0.05, 0.1) is 0 Å². The molecule has 1 heteroatoms. The summed E-state index contributed by atoms with van der Waals surface area (Å²) in [6.07, 6.45) is 9.42. The van der Waals surface area contributed by atoms with Crippen molar-refractivity contribution in [1.82, 2.24) is 0 Å². The van der Waals surface area contributed by atoms with Crippen LogP contribution in [0.2, 0.25) is 0 Å². The summed E-state index contributed by atoms with van der Waals surface area (Å²) in [5.41, 5.74) is 10.5. The minimum absolute atomic E-state index is 1.15. The minimum Gasteiger partial charge on any atom is -0.310 e. The highest BCUT2D eigenvalue weighted by Crippen LogP contribution is 2.40. The van der Waals surface area contributed by atoms with E-state index in [4.69, 9.17) is 0 Å². The molecule has 1 aliphatic carbocycles. The van der Waals surface area contributed by atoms with Crippen LogP contribution in [0.25, 0.3) is 33.7 Å². The third-order valence-electron chi connectivity index (χ3n) is 8.46. The lowest BCUT2D eigenvalue weighted by molar-refractivity contribution is 0.686. The zero-order chi connectivity index (χ0) is 26.9. The lowest BCUT2D eigenvalue weighted by Gasteiger charge is -2.30. The van der Waals surface area contributed by atoms with Gasteiger partial charge in [-0.25, -0.2) is 0 Å². The average molecular weight is 516 g/mol. The van der Waals surface area contributed by atoms with Crippen molar-refractivity contribution in [3.63, 3.8) is 0 Å². The van der Waals surface area contributed by atoms with Gasteiger partial charge in [-0.2, -0.15) is 0 Å². The van der Waals surface area contributed by atoms with E-state index in [0.29, 0.717) is 0 Å². The molecule has 0 saturated carbocycles. The third-order valence-corrected chi connectivity index (χ3v) is 8.46. The van der Waals surface area contributed by atoms with Crippen LogP contribution in [0, 0.1) is 6.92 Å². The smallest absolute Gasteiger partial charge is 0.0496 e. The van der Waals surface area contributed by atoms with Gasteiger partial charge in [-0.3, -0.25) is 0 Å². The average Bonchev–Trinajstić information content (AvgIpc) is 3.02. The Morgan fingerprint density at radius 3 is 1.82 bits per heavy atom. The fourth-order valence-corrected chi connectivity index (χ4v) is 6.45. The zero-order valence-electron chi connectivity index (χ0n) is 23.0. The number of para-hydroxylation sites is 1. The molecule has 0 aromatic heterocycles. The monoisotopic (exact) mass is 515 g/mol. The first kappa shape index (κ1) is 24.4. The minimum atomic E-state index is 1.15. The Hall–Kier alpha value is -4.62. The first-order chi connectivity index (χ1) is 19.8.